The van der Waals surface area contributed by atoms with Crippen LogP contribution in [-0.2, 0) is 11.3 Å². The van der Waals surface area contributed by atoms with Gasteiger partial charge in [-0.05, 0) is 12.0 Å². The SMILES string of the molecule is CC[C@@H](N)C(=O)NCc1cccc([N+](=O)[O-])c1. The summed E-state index contributed by atoms with van der Waals surface area (Å²) in [7, 11) is 0. The van der Waals surface area contributed by atoms with Gasteiger partial charge in [0, 0.05) is 18.7 Å². The van der Waals surface area contributed by atoms with Gasteiger partial charge in [0.1, 0.15) is 0 Å². The van der Waals surface area contributed by atoms with E-state index < -0.39 is 11.0 Å². The van der Waals surface area contributed by atoms with Crippen LogP contribution in [0, 0.1) is 10.1 Å². The van der Waals surface area contributed by atoms with E-state index in [9.17, 15) is 14.9 Å². The number of nitrogens with zero attached hydrogens (tertiary/aromatic N) is 1. The number of benzene rings is 1. The first-order chi connectivity index (χ1) is 8.04. The van der Waals surface area contributed by atoms with Gasteiger partial charge in [-0.1, -0.05) is 19.1 Å². The molecule has 0 aliphatic carbocycles. The van der Waals surface area contributed by atoms with E-state index in [1.165, 1.54) is 12.1 Å². The predicted octanol–water partition coefficient (Wildman–Crippen LogP) is 0.948. The van der Waals surface area contributed by atoms with Crippen LogP contribution in [0.4, 0.5) is 5.69 Å². The molecule has 0 spiro atoms. The van der Waals surface area contributed by atoms with Gasteiger partial charge in [0.2, 0.25) is 5.91 Å². The van der Waals surface area contributed by atoms with Crippen LogP contribution in [0.15, 0.2) is 24.3 Å². The van der Waals surface area contributed by atoms with E-state index >= 15 is 0 Å². The van der Waals surface area contributed by atoms with Gasteiger partial charge in [-0.25, -0.2) is 0 Å². The number of nitrogens with two attached hydrogens (primary N) is 1. The predicted molar refractivity (Wildman–Crippen MR) is 63.2 cm³/mol. The van der Waals surface area contributed by atoms with Crippen molar-refractivity contribution in [2.75, 3.05) is 0 Å². The van der Waals surface area contributed by atoms with Crippen LogP contribution in [0.3, 0.4) is 0 Å². The molecule has 0 radical (unpaired) electrons. The molecule has 3 N–H and O–H groups in total. The lowest BCUT2D eigenvalue weighted by Crippen LogP contribution is -2.39. The molecule has 1 amide bonds. The van der Waals surface area contributed by atoms with Crippen LogP contribution in [0.2, 0.25) is 0 Å². The quantitative estimate of drug-likeness (QED) is 0.588. The Morgan fingerprint density at radius 2 is 2.29 bits per heavy atom. The lowest BCUT2D eigenvalue weighted by Gasteiger charge is -2.09. The number of carbonyl (C=O) groups is 1. The summed E-state index contributed by atoms with van der Waals surface area (Å²) in [6.45, 7) is 2.06. The largest absolute Gasteiger partial charge is 0.351 e. The van der Waals surface area contributed by atoms with Crippen LogP contribution in [-0.4, -0.2) is 16.9 Å². The normalized spacial score (nSPS) is 11.9. The molecule has 0 unspecified atom stereocenters. The first-order valence-corrected chi connectivity index (χ1v) is 5.31. The Labute approximate surface area is 99.0 Å². The average Bonchev–Trinajstić information content (AvgIpc) is 2.35. The number of hydrogen-bond acceptors (Lipinski definition) is 4. The number of carbonyl (C=O) groups excluding carboxylic acids is 1. The fourth-order valence-electron chi connectivity index (χ4n) is 1.29. The van der Waals surface area contributed by atoms with Crippen molar-refractivity contribution >= 4 is 11.6 Å². The minimum absolute atomic E-state index is 0.0107. The Hall–Kier alpha value is -1.95. The van der Waals surface area contributed by atoms with Crippen molar-refractivity contribution in [2.45, 2.75) is 25.9 Å². The van der Waals surface area contributed by atoms with Gasteiger partial charge in [0.05, 0.1) is 11.0 Å². The lowest BCUT2D eigenvalue weighted by molar-refractivity contribution is -0.384. The summed E-state index contributed by atoms with van der Waals surface area (Å²) in [5.41, 5.74) is 6.23. The topological polar surface area (TPSA) is 98.3 Å². The molecule has 1 rings (SSSR count). The second-order valence-corrected chi connectivity index (χ2v) is 3.66. The summed E-state index contributed by atoms with van der Waals surface area (Å²) in [5.74, 6) is -0.251. The maximum absolute atomic E-state index is 11.4. The molecule has 1 atom stereocenters. The van der Waals surface area contributed by atoms with Crippen LogP contribution in [0.5, 0.6) is 0 Å². The number of nitro benzene ring substituents is 1. The Morgan fingerprint density at radius 1 is 1.59 bits per heavy atom. The number of non-ortho nitro benzene ring substituents is 1. The average molecular weight is 237 g/mol. The Balaban J connectivity index is 2.60. The maximum atomic E-state index is 11.4. The molecule has 6 heteroatoms. The third-order valence-electron chi connectivity index (χ3n) is 2.36. The van der Waals surface area contributed by atoms with Crippen LogP contribution in [0.25, 0.3) is 0 Å². The molecule has 6 nitrogen and oxygen atoms in total. The highest BCUT2D eigenvalue weighted by Gasteiger charge is 2.11. The summed E-state index contributed by atoms with van der Waals surface area (Å²) < 4.78 is 0. The molecule has 1 aromatic rings. The molecule has 1 aromatic carbocycles. The van der Waals surface area contributed by atoms with E-state index in [2.05, 4.69) is 5.32 Å². The summed E-state index contributed by atoms with van der Waals surface area (Å²) in [6.07, 6.45) is 0.556. The number of rotatable bonds is 5. The highest BCUT2D eigenvalue weighted by Crippen LogP contribution is 2.12. The van der Waals surface area contributed by atoms with E-state index in [0.29, 0.717) is 12.0 Å². The van der Waals surface area contributed by atoms with Crippen molar-refractivity contribution < 1.29 is 9.72 Å². The van der Waals surface area contributed by atoms with Crippen molar-refractivity contribution in [1.29, 1.82) is 0 Å². The molecule has 0 saturated carbocycles. The molecular formula is C11H15N3O3. The fraction of sp³-hybridized carbons (Fsp3) is 0.364. The molecule has 0 aliphatic rings. The van der Waals surface area contributed by atoms with Gasteiger partial charge in [0.25, 0.3) is 5.69 Å². The van der Waals surface area contributed by atoms with Crippen LogP contribution in [0.1, 0.15) is 18.9 Å². The summed E-state index contributed by atoms with van der Waals surface area (Å²) in [4.78, 5) is 21.5. The zero-order valence-electron chi connectivity index (χ0n) is 9.55. The van der Waals surface area contributed by atoms with Gasteiger partial charge in [-0.3, -0.25) is 14.9 Å². The first kappa shape index (κ1) is 13.1. The number of nitro groups is 1. The summed E-state index contributed by atoms with van der Waals surface area (Å²) in [6, 6.07) is 5.60. The van der Waals surface area contributed by atoms with Crippen molar-refractivity contribution in [2.24, 2.45) is 5.73 Å². The minimum atomic E-state index is -0.534. The maximum Gasteiger partial charge on any atom is 0.269 e. The van der Waals surface area contributed by atoms with Crippen molar-refractivity contribution in [3.05, 3.63) is 39.9 Å². The van der Waals surface area contributed by atoms with Crippen LogP contribution >= 0.6 is 0 Å². The molecule has 0 aliphatic heterocycles. The number of amides is 1. The number of nitrogens with one attached hydrogen (secondary N) is 1. The molecule has 17 heavy (non-hydrogen) atoms. The van der Waals surface area contributed by atoms with Crippen molar-refractivity contribution in [3.63, 3.8) is 0 Å². The van der Waals surface area contributed by atoms with E-state index in [0.717, 1.165) is 0 Å². The molecule has 0 heterocycles. The van der Waals surface area contributed by atoms with Gasteiger partial charge < -0.3 is 11.1 Å². The first-order valence-electron chi connectivity index (χ1n) is 5.31. The molecule has 0 bridgehead atoms. The Morgan fingerprint density at radius 3 is 2.88 bits per heavy atom. The van der Waals surface area contributed by atoms with Gasteiger partial charge in [-0.15, -0.1) is 0 Å². The highest BCUT2D eigenvalue weighted by molar-refractivity contribution is 5.81. The van der Waals surface area contributed by atoms with Crippen molar-refractivity contribution in [3.8, 4) is 0 Å². The van der Waals surface area contributed by atoms with Gasteiger partial charge in [-0.2, -0.15) is 0 Å². The second-order valence-electron chi connectivity index (χ2n) is 3.66. The molecule has 92 valence electrons. The highest BCUT2D eigenvalue weighted by atomic mass is 16.6. The molecule has 0 aromatic heterocycles. The van der Waals surface area contributed by atoms with Crippen LogP contribution < -0.4 is 11.1 Å². The smallest absolute Gasteiger partial charge is 0.269 e. The standard InChI is InChI=1S/C11H15N3O3/c1-2-10(12)11(15)13-7-8-4-3-5-9(6-8)14(16)17/h3-6,10H,2,7,12H2,1H3,(H,13,15)/t10-/m1/s1. The summed E-state index contributed by atoms with van der Waals surface area (Å²) >= 11 is 0. The molecule has 0 fully saturated rings. The van der Waals surface area contributed by atoms with E-state index in [-0.39, 0.29) is 18.1 Å². The lowest BCUT2D eigenvalue weighted by atomic mass is 10.2. The van der Waals surface area contributed by atoms with E-state index in [1.54, 1.807) is 12.1 Å². The second kappa shape index (κ2) is 5.95. The third kappa shape index (κ3) is 3.84. The van der Waals surface area contributed by atoms with E-state index in [4.69, 9.17) is 5.73 Å². The Kier molecular flexibility index (Phi) is 4.59. The number of hydrogen-bond donors (Lipinski definition) is 2. The monoisotopic (exact) mass is 237 g/mol. The van der Waals surface area contributed by atoms with Crippen molar-refractivity contribution in [1.82, 2.24) is 5.32 Å². The van der Waals surface area contributed by atoms with Gasteiger partial charge in [0.15, 0.2) is 0 Å². The van der Waals surface area contributed by atoms with E-state index in [1.807, 2.05) is 6.92 Å². The molecule has 0 saturated heterocycles. The fourth-order valence-corrected chi connectivity index (χ4v) is 1.29. The molecular weight excluding hydrogens is 222 g/mol. The zero-order chi connectivity index (χ0) is 12.8. The zero-order valence-corrected chi connectivity index (χ0v) is 9.55. The third-order valence-corrected chi connectivity index (χ3v) is 2.36. The van der Waals surface area contributed by atoms with Gasteiger partial charge >= 0.3 is 0 Å². The summed E-state index contributed by atoms with van der Waals surface area (Å²) in [5, 5.41) is 13.2. The minimum Gasteiger partial charge on any atom is -0.351 e. The Bertz CT molecular complexity index is 420.